The molecule has 6 nitrogen and oxygen atoms in total. The van der Waals surface area contributed by atoms with Gasteiger partial charge in [0.2, 0.25) is 5.91 Å². The van der Waals surface area contributed by atoms with E-state index < -0.39 is 5.91 Å². The maximum Gasteiger partial charge on any atom is 0.274 e. The van der Waals surface area contributed by atoms with Gasteiger partial charge in [0.1, 0.15) is 0 Å². The van der Waals surface area contributed by atoms with Crippen LogP contribution in [0.1, 0.15) is 46.7 Å². The van der Waals surface area contributed by atoms with Gasteiger partial charge in [-0.25, -0.2) is 5.48 Å². The molecule has 6 heteroatoms. The summed E-state index contributed by atoms with van der Waals surface area (Å²) in [6.45, 7) is 2.65. The lowest BCUT2D eigenvalue weighted by Crippen LogP contribution is -2.41. The Morgan fingerprint density at radius 3 is 2.37 bits per heavy atom. The van der Waals surface area contributed by atoms with Gasteiger partial charge in [-0.1, -0.05) is 42.5 Å². The molecule has 0 unspecified atom stereocenters. The van der Waals surface area contributed by atoms with Gasteiger partial charge in [0.05, 0.1) is 6.42 Å². The molecule has 0 bridgehead atoms. The van der Waals surface area contributed by atoms with Crippen molar-refractivity contribution >= 4 is 11.8 Å². The van der Waals surface area contributed by atoms with Crippen LogP contribution in [0, 0.1) is 5.92 Å². The Labute approximate surface area is 177 Å². The SMILES string of the molecule is O=C(NO)c1ccc(CC(=O)N2CCC(CN[C@@H]3C[C@H]3c3ccccc3)CC2)cc1. The first kappa shape index (κ1) is 20.6. The number of hydrogen-bond donors (Lipinski definition) is 3. The lowest BCUT2D eigenvalue weighted by Gasteiger charge is -2.32. The van der Waals surface area contributed by atoms with E-state index in [9.17, 15) is 9.59 Å². The van der Waals surface area contributed by atoms with Gasteiger partial charge in [-0.2, -0.15) is 0 Å². The third-order valence-corrected chi connectivity index (χ3v) is 6.33. The van der Waals surface area contributed by atoms with E-state index in [4.69, 9.17) is 5.21 Å². The Morgan fingerprint density at radius 2 is 1.70 bits per heavy atom. The highest BCUT2D eigenvalue weighted by molar-refractivity contribution is 5.93. The molecular formula is C24H29N3O3. The number of piperidine rings is 1. The molecule has 0 spiro atoms. The van der Waals surface area contributed by atoms with Crippen LogP contribution in [0.15, 0.2) is 54.6 Å². The lowest BCUT2D eigenvalue weighted by molar-refractivity contribution is -0.131. The molecule has 2 aromatic rings. The summed E-state index contributed by atoms with van der Waals surface area (Å²) >= 11 is 0. The summed E-state index contributed by atoms with van der Waals surface area (Å²) < 4.78 is 0. The van der Waals surface area contributed by atoms with E-state index in [0.29, 0.717) is 29.9 Å². The average molecular weight is 408 g/mol. The molecule has 30 heavy (non-hydrogen) atoms. The Kier molecular flexibility index (Phi) is 6.45. The van der Waals surface area contributed by atoms with Crippen molar-refractivity contribution in [3.63, 3.8) is 0 Å². The summed E-state index contributed by atoms with van der Waals surface area (Å²) in [4.78, 5) is 25.9. The number of carbonyl (C=O) groups excluding carboxylic acids is 2. The zero-order chi connectivity index (χ0) is 20.9. The molecule has 1 saturated heterocycles. The van der Waals surface area contributed by atoms with Crippen molar-refractivity contribution in [3.05, 3.63) is 71.3 Å². The number of nitrogens with zero attached hydrogens (tertiary/aromatic N) is 1. The number of carbonyl (C=O) groups is 2. The summed E-state index contributed by atoms with van der Waals surface area (Å²) in [6.07, 6.45) is 3.64. The fraction of sp³-hybridized carbons (Fsp3) is 0.417. The van der Waals surface area contributed by atoms with Gasteiger partial charge in [-0.15, -0.1) is 0 Å². The number of amides is 2. The second kappa shape index (κ2) is 9.41. The number of benzene rings is 2. The molecule has 158 valence electrons. The number of nitrogens with one attached hydrogen (secondary N) is 2. The third-order valence-electron chi connectivity index (χ3n) is 6.33. The zero-order valence-corrected chi connectivity index (χ0v) is 17.1. The van der Waals surface area contributed by atoms with Gasteiger partial charge in [0.15, 0.2) is 0 Å². The van der Waals surface area contributed by atoms with Gasteiger partial charge in [-0.3, -0.25) is 14.8 Å². The molecule has 2 amide bonds. The maximum atomic E-state index is 12.6. The number of rotatable bonds is 7. The van der Waals surface area contributed by atoms with Crippen LogP contribution in [0.25, 0.3) is 0 Å². The summed E-state index contributed by atoms with van der Waals surface area (Å²) in [5.41, 5.74) is 4.28. The van der Waals surface area contributed by atoms with Crippen molar-refractivity contribution in [3.8, 4) is 0 Å². The maximum absolute atomic E-state index is 12.6. The Bertz CT molecular complexity index is 861. The molecule has 1 aliphatic carbocycles. The predicted octanol–water partition coefficient (Wildman–Crippen LogP) is 2.73. The summed E-state index contributed by atoms with van der Waals surface area (Å²) in [5, 5.41) is 12.4. The van der Waals surface area contributed by atoms with Crippen LogP contribution >= 0.6 is 0 Å². The van der Waals surface area contributed by atoms with Crippen LogP contribution in [-0.4, -0.2) is 47.6 Å². The Balaban J connectivity index is 1.17. The van der Waals surface area contributed by atoms with Crippen LogP contribution in [0.3, 0.4) is 0 Å². The normalized spacial score (nSPS) is 21.3. The van der Waals surface area contributed by atoms with Crippen molar-refractivity contribution in [1.82, 2.24) is 15.7 Å². The van der Waals surface area contributed by atoms with Crippen molar-refractivity contribution in [2.24, 2.45) is 5.92 Å². The molecule has 3 N–H and O–H groups in total. The largest absolute Gasteiger partial charge is 0.342 e. The standard InChI is InChI=1S/C24H29N3O3/c28-23(14-17-6-8-20(9-7-17)24(29)26-30)27-12-10-18(11-13-27)16-25-22-15-21(22)19-4-2-1-3-5-19/h1-9,18,21-22,25,30H,10-16H2,(H,26,29)/t21-,22+/m0/s1. The van der Waals surface area contributed by atoms with Gasteiger partial charge in [0.25, 0.3) is 5.91 Å². The average Bonchev–Trinajstić information content (AvgIpc) is 3.58. The molecule has 2 aliphatic rings. The molecule has 1 aliphatic heterocycles. The molecule has 1 heterocycles. The molecule has 2 atom stereocenters. The van der Waals surface area contributed by atoms with Crippen molar-refractivity contribution in [1.29, 1.82) is 0 Å². The highest BCUT2D eigenvalue weighted by atomic mass is 16.5. The second-order valence-corrected chi connectivity index (χ2v) is 8.41. The van der Waals surface area contributed by atoms with E-state index in [0.717, 1.165) is 38.0 Å². The molecule has 4 rings (SSSR count). The summed E-state index contributed by atoms with van der Waals surface area (Å²) in [5.74, 6) is 0.863. The van der Waals surface area contributed by atoms with E-state index in [1.54, 1.807) is 29.7 Å². The minimum Gasteiger partial charge on any atom is -0.342 e. The lowest BCUT2D eigenvalue weighted by atomic mass is 9.96. The van der Waals surface area contributed by atoms with Crippen LogP contribution in [0.5, 0.6) is 0 Å². The van der Waals surface area contributed by atoms with Crippen molar-refractivity contribution in [2.45, 2.75) is 37.6 Å². The molecule has 2 fully saturated rings. The smallest absolute Gasteiger partial charge is 0.274 e. The van der Waals surface area contributed by atoms with Crippen molar-refractivity contribution in [2.75, 3.05) is 19.6 Å². The van der Waals surface area contributed by atoms with Gasteiger partial charge in [0, 0.05) is 30.6 Å². The first-order valence-corrected chi connectivity index (χ1v) is 10.7. The van der Waals surface area contributed by atoms with Gasteiger partial charge >= 0.3 is 0 Å². The first-order valence-electron chi connectivity index (χ1n) is 10.7. The van der Waals surface area contributed by atoms with Crippen LogP contribution < -0.4 is 10.8 Å². The summed E-state index contributed by atoms with van der Waals surface area (Å²) in [7, 11) is 0. The Morgan fingerprint density at radius 1 is 1.00 bits per heavy atom. The van der Waals surface area contributed by atoms with Gasteiger partial charge in [-0.05, 0) is 55.0 Å². The molecule has 2 aromatic carbocycles. The monoisotopic (exact) mass is 407 g/mol. The second-order valence-electron chi connectivity index (χ2n) is 8.41. The quantitative estimate of drug-likeness (QED) is 0.487. The topological polar surface area (TPSA) is 81.7 Å². The van der Waals surface area contributed by atoms with Crippen LogP contribution in [0.2, 0.25) is 0 Å². The van der Waals surface area contributed by atoms with Crippen LogP contribution in [-0.2, 0) is 11.2 Å². The highest BCUT2D eigenvalue weighted by Gasteiger charge is 2.38. The molecule has 1 saturated carbocycles. The van der Waals surface area contributed by atoms with E-state index in [2.05, 4.69) is 35.6 Å². The third kappa shape index (κ3) is 5.07. The van der Waals surface area contributed by atoms with E-state index >= 15 is 0 Å². The van der Waals surface area contributed by atoms with E-state index in [1.165, 1.54) is 12.0 Å². The molecule has 0 radical (unpaired) electrons. The van der Waals surface area contributed by atoms with Crippen molar-refractivity contribution < 1.29 is 14.8 Å². The fourth-order valence-corrected chi connectivity index (χ4v) is 4.32. The fourth-order valence-electron chi connectivity index (χ4n) is 4.32. The zero-order valence-electron chi connectivity index (χ0n) is 17.1. The van der Waals surface area contributed by atoms with E-state index in [1.807, 2.05) is 4.90 Å². The number of likely N-dealkylation sites (tertiary alicyclic amines) is 1. The minimum atomic E-state index is -0.551. The first-order chi connectivity index (χ1) is 14.6. The molecular weight excluding hydrogens is 378 g/mol. The minimum absolute atomic E-state index is 0.132. The molecule has 0 aromatic heterocycles. The van der Waals surface area contributed by atoms with E-state index in [-0.39, 0.29) is 5.91 Å². The highest BCUT2D eigenvalue weighted by Crippen LogP contribution is 2.40. The number of hydroxylamine groups is 1. The van der Waals surface area contributed by atoms with Gasteiger partial charge < -0.3 is 10.2 Å². The predicted molar refractivity (Wildman–Crippen MR) is 114 cm³/mol. The summed E-state index contributed by atoms with van der Waals surface area (Å²) in [6, 6.07) is 18.1. The Hall–Kier alpha value is -2.70. The number of hydrogen-bond acceptors (Lipinski definition) is 4. The van der Waals surface area contributed by atoms with Crippen LogP contribution in [0.4, 0.5) is 0 Å².